The second-order valence-electron chi connectivity index (χ2n) is 13.9. The maximum absolute atomic E-state index is 2.67. The summed E-state index contributed by atoms with van der Waals surface area (Å²) in [6, 6.07) is 0. The lowest BCUT2D eigenvalue weighted by Gasteiger charge is -2.55. The zero-order valence-electron chi connectivity index (χ0n) is 27.2. The monoisotopic (exact) mass is 562 g/mol. The molecule has 40 heavy (non-hydrogen) atoms. The molecule has 224 valence electrons. The number of hydrogen-bond donors (Lipinski definition) is 0. The van der Waals surface area contributed by atoms with Gasteiger partial charge in [0.05, 0.1) is 0 Å². The molecule has 3 atom stereocenters. The fourth-order valence-electron chi connectivity index (χ4n) is 8.00. The van der Waals surface area contributed by atoms with Gasteiger partial charge in [0.25, 0.3) is 0 Å². The first-order chi connectivity index (χ1) is 19.4. The Labute approximate surface area is 251 Å². The van der Waals surface area contributed by atoms with Gasteiger partial charge in [-0.3, -0.25) is 0 Å². The van der Waals surface area contributed by atoms with Crippen LogP contribution < -0.4 is 0 Å². The first-order valence-electron chi connectivity index (χ1n) is 17.3. The van der Waals surface area contributed by atoms with E-state index in [-0.39, 0.29) is 15.5 Å². The molecule has 0 aromatic carbocycles. The van der Waals surface area contributed by atoms with Crippen molar-refractivity contribution in [1.29, 1.82) is 0 Å². The first kappa shape index (κ1) is 33.4. The smallest absolute Gasteiger partial charge is 0.0293 e. The normalized spacial score (nSPS) is 22.4. The van der Waals surface area contributed by atoms with Crippen LogP contribution in [-0.4, -0.2) is 15.5 Å². The minimum Gasteiger partial charge on any atom is -0.0702 e. The molecule has 0 bridgehead atoms. The van der Waals surface area contributed by atoms with Gasteiger partial charge in [-0.05, 0) is 37.0 Å². The number of rotatable bonds is 21. The number of unbranched alkanes of at least 4 members (excludes halogenated alkanes) is 6. The maximum atomic E-state index is 2.67. The molecule has 3 aliphatic carbocycles. The number of allylic oxidation sites excluding steroid dienone is 12. The van der Waals surface area contributed by atoms with Gasteiger partial charge in [-0.1, -0.05) is 199 Å². The van der Waals surface area contributed by atoms with Crippen LogP contribution in [0.1, 0.15) is 138 Å². The lowest BCUT2D eigenvalue weighted by Crippen LogP contribution is -2.44. The Morgan fingerprint density at radius 1 is 0.425 bits per heavy atom. The van der Waals surface area contributed by atoms with Crippen molar-refractivity contribution in [2.45, 2.75) is 153 Å². The Bertz CT molecular complexity index is 756. The molecule has 0 fully saturated rings. The van der Waals surface area contributed by atoms with Crippen molar-refractivity contribution in [3.63, 3.8) is 0 Å². The molecule has 0 N–H and O–H groups in total. The van der Waals surface area contributed by atoms with Gasteiger partial charge in [0.2, 0.25) is 0 Å². The fourth-order valence-corrected chi connectivity index (χ4v) is 13.2. The minimum atomic E-state index is -0.491. The molecule has 3 rings (SSSR count). The van der Waals surface area contributed by atoms with E-state index in [0.29, 0.717) is 0 Å². The van der Waals surface area contributed by atoms with E-state index in [1.807, 2.05) is 0 Å². The molecule has 0 heterocycles. The Morgan fingerprint density at radius 2 is 0.675 bits per heavy atom. The molecule has 1 heteroatoms. The highest BCUT2D eigenvalue weighted by molar-refractivity contribution is 7.64. The van der Waals surface area contributed by atoms with Gasteiger partial charge in [0.1, 0.15) is 0 Å². The average molecular weight is 563 g/mol. The van der Waals surface area contributed by atoms with Crippen molar-refractivity contribution in [2.24, 2.45) is 17.8 Å². The lowest BCUT2D eigenvalue weighted by molar-refractivity contribution is 0.419. The van der Waals surface area contributed by atoms with Crippen molar-refractivity contribution < 1.29 is 0 Å². The van der Waals surface area contributed by atoms with Crippen LogP contribution in [0.4, 0.5) is 0 Å². The van der Waals surface area contributed by atoms with Crippen LogP contribution in [0.5, 0.6) is 0 Å². The van der Waals surface area contributed by atoms with Crippen LogP contribution in [0.15, 0.2) is 72.9 Å². The minimum absolute atomic E-state index is 0.144. The summed E-state index contributed by atoms with van der Waals surface area (Å²) in [6.07, 6.45) is 50.5. The van der Waals surface area contributed by atoms with Gasteiger partial charge < -0.3 is 0 Å². The Morgan fingerprint density at radius 3 is 0.900 bits per heavy atom. The first-order valence-corrected chi connectivity index (χ1v) is 18.6. The molecule has 0 aliphatic heterocycles. The summed E-state index contributed by atoms with van der Waals surface area (Å²) in [6.45, 7) is 14.6. The van der Waals surface area contributed by atoms with E-state index in [4.69, 9.17) is 0 Å². The molecule has 0 amide bonds. The fraction of sp³-hybridized carbons (Fsp3) is 0.692. The van der Waals surface area contributed by atoms with Gasteiger partial charge in [0, 0.05) is 15.5 Å². The van der Waals surface area contributed by atoms with E-state index in [0.717, 1.165) is 17.8 Å². The molecule has 0 saturated carbocycles. The van der Waals surface area contributed by atoms with Gasteiger partial charge in [-0.15, -0.1) is 0 Å². The molecule has 0 spiro atoms. The van der Waals surface area contributed by atoms with Crippen LogP contribution in [-0.2, 0) is 0 Å². The van der Waals surface area contributed by atoms with E-state index in [2.05, 4.69) is 114 Å². The van der Waals surface area contributed by atoms with Crippen molar-refractivity contribution in [1.82, 2.24) is 0 Å². The van der Waals surface area contributed by atoms with Gasteiger partial charge in [0.15, 0.2) is 0 Å². The molecule has 0 saturated heterocycles. The third-order valence-electron chi connectivity index (χ3n) is 9.82. The molecule has 3 aliphatic rings. The Hall–Kier alpha value is -1.13. The van der Waals surface area contributed by atoms with Gasteiger partial charge >= 0.3 is 0 Å². The van der Waals surface area contributed by atoms with Gasteiger partial charge in [-0.2, -0.15) is 0 Å². The highest BCUT2D eigenvalue weighted by Gasteiger charge is 2.56. The highest BCUT2D eigenvalue weighted by Crippen LogP contribution is 2.76. The summed E-state index contributed by atoms with van der Waals surface area (Å²) in [5, 5.41) is 0.432. The predicted molar refractivity (Wildman–Crippen MR) is 184 cm³/mol. The largest absolute Gasteiger partial charge is 0.0702 e. The van der Waals surface area contributed by atoms with Gasteiger partial charge in [-0.25, -0.2) is 0 Å². The zero-order valence-corrected chi connectivity index (χ0v) is 28.1. The SMILES string of the molecule is CCCCCC(C)CC1(P(C2(CC(C)CCCCC)C=CC=C2)C2(CC(C)CCCCC)C=CC=C2)C=CC=C1. The van der Waals surface area contributed by atoms with E-state index < -0.39 is 7.92 Å². The molecule has 0 radical (unpaired) electrons. The second kappa shape index (κ2) is 16.5. The lowest BCUT2D eigenvalue weighted by atomic mass is 9.90. The molecule has 0 nitrogen and oxygen atoms in total. The van der Waals surface area contributed by atoms with Crippen molar-refractivity contribution in [3.05, 3.63) is 72.9 Å². The Kier molecular flexibility index (Phi) is 13.8. The van der Waals surface area contributed by atoms with E-state index in [9.17, 15) is 0 Å². The van der Waals surface area contributed by atoms with Crippen LogP contribution in [0.3, 0.4) is 0 Å². The third kappa shape index (κ3) is 8.69. The summed E-state index contributed by atoms with van der Waals surface area (Å²) in [7, 11) is -0.491. The van der Waals surface area contributed by atoms with Crippen LogP contribution in [0.25, 0.3) is 0 Å². The van der Waals surface area contributed by atoms with Crippen molar-refractivity contribution in [2.75, 3.05) is 0 Å². The molecule has 0 aromatic heterocycles. The zero-order chi connectivity index (χ0) is 28.9. The molecular weight excluding hydrogens is 499 g/mol. The van der Waals surface area contributed by atoms with Crippen molar-refractivity contribution in [3.8, 4) is 0 Å². The third-order valence-corrected chi connectivity index (χ3v) is 13.8. The Balaban J connectivity index is 2.05. The molecule has 3 unspecified atom stereocenters. The molecular formula is C39H63P. The summed E-state index contributed by atoms with van der Waals surface area (Å²) in [5.74, 6) is 2.22. The summed E-state index contributed by atoms with van der Waals surface area (Å²) < 4.78 is 0. The summed E-state index contributed by atoms with van der Waals surface area (Å²) in [5.41, 5.74) is 0. The highest BCUT2D eigenvalue weighted by atomic mass is 31.1. The molecule has 0 aromatic rings. The standard InChI is InChI=1S/C39H63P/c1-7-10-13-22-34(4)31-37(25-16-17-26-37)40(38(27-18-19-28-38)32-35(5)23-14-11-8-2)39(29-20-21-30-39)33-36(6)24-15-12-9-3/h16-21,25-30,34-36H,7-15,22-24,31-33H2,1-6H3. The topological polar surface area (TPSA) is 0 Å². The van der Waals surface area contributed by atoms with Crippen molar-refractivity contribution >= 4 is 7.92 Å². The average Bonchev–Trinajstić information content (AvgIpc) is 3.68. The van der Waals surface area contributed by atoms with E-state index in [1.54, 1.807) is 0 Å². The van der Waals surface area contributed by atoms with Crippen LogP contribution in [0, 0.1) is 17.8 Å². The van der Waals surface area contributed by atoms with E-state index in [1.165, 1.54) is 96.3 Å². The van der Waals surface area contributed by atoms with E-state index >= 15 is 0 Å². The van der Waals surface area contributed by atoms with Crippen LogP contribution >= 0.6 is 7.92 Å². The number of hydrogen-bond acceptors (Lipinski definition) is 0. The predicted octanol–water partition coefficient (Wildman–Crippen LogP) is 12.9. The summed E-state index contributed by atoms with van der Waals surface area (Å²) in [4.78, 5) is 0. The maximum Gasteiger partial charge on any atom is 0.0293 e. The quantitative estimate of drug-likeness (QED) is 0.0964. The van der Waals surface area contributed by atoms with Crippen LogP contribution in [0.2, 0.25) is 0 Å². The second-order valence-corrected chi connectivity index (χ2v) is 17.0. The summed E-state index contributed by atoms with van der Waals surface area (Å²) >= 11 is 0.